The van der Waals surface area contributed by atoms with Gasteiger partial charge >= 0.3 is 0 Å². The van der Waals surface area contributed by atoms with Crippen LogP contribution in [0.3, 0.4) is 0 Å². The summed E-state index contributed by atoms with van der Waals surface area (Å²) in [6.07, 6.45) is 3.80. The molecule has 11 heavy (non-hydrogen) atoms. The quantitative estimate of drug-likeness (QED) is 0.337. The molecule has 0 atom stereocenters. The van der Waals surface area contributed by atoms with E-state index in [0.717, 1.165) is 19.4 Å². The molecule has 4 N–H and O–H groups in total. The Morgan fingerprint density at radius 2 is 2.09 bits per heavy atom. The monoisotopic (exact) mass is 156 g/mol. The van der Waals surface area contributed by atoms with Crippen LogP contribution in [-0.4, -0.2) is 25.3 Å². The van der Waals surface area contributed by atoms with Gasteiger partial charge in [-0.05, 0) is 19.1 Å². The Bertz CT molecular complexity index is 135. The van der Waals surface area contributed by atoms with Gasteiger partial charge in [-0.15, -0.1) is 0 Å². The summed E-state index contributed by atoms with van der Waals surface area (Å²) in [6, 6.07) is 0. The first-order valence-corrected chi connectivity index (χ1v) is 3.81. The molecule has 0 fully saturated rings. The van der Waals surface area contributed by atoms with E-state index in [1.165, 1.54) is 0 Å². The van der Waals surface area contributed by atoms with Gasteiger partial charge in [0.05, 0.1) is 0 Å². The fourth-order valence-corrected chi connectivity index (χ4v) is 0.591. The van der Waals surface area contributed by atoms with E-state index in [1.54, 1.807) is 0 Å². The molecule has 0 aromatic heterocycles. The number of hydrogen-bond donors (Lipinski definition) is 2. The van der Waals surface area contributed by atoms with E-state index < -0.39 is 0 Å². The zero-order valence-electron chi connectivity index (χ0n) is 6.95. The molecule has 0 saturated heterocycles. The van der Waals surface area contributed by atoms with E-state index in [0.29, 0.717) is 6.54 Å². The third-order valence-electron chi connectivity index (χ3n) is 1.05. The van der Waals surface area contributed by atoms with Crippen LogP contribution in [0.2, 0.25) is 0 Å². The molecule has 4 nitrogen and oxygen atoms in total. The van der Waals surface area contributed by atoms with Crippen LogP contribution in [0.5, 0.6) is 0 Å². The van der Waals surface area contributed by atoms with Crippen molar-refractivity contribution >= 4 is 12.2 Å². The number of guanidine groups is 1. The van der Waals surface area contributed by atoms with Gasteiger partial charge in [0, 0.05) is 13.1 Å². The fourth-order valence-electron chi connectivity index (χ4n) is 0.591. The first-order valence-electron chi connectivity index (χ1n) is 3.81. The Hall–Kier alpha value is -1.06. The summed E-state index contributed by atoms with van der Waals surface area (Å²) in [6.45, 7) is 3.54. The molecule has 0 aromatic carbocycles. The molecule has 0 amide bonds. The Labute approximate surface area is 67.4 Å². The summed E-state index contributed by atoms with van der Waals surface area (Å²) >= 11 is 0. The van der Waals surface area contributed by atoms with Gasteiger partial charge in [-0.2, -0.15) is 0 Å². The third-order valence-corrected chi connectivity index (χ3v) is 1.05. The van der Waals surface area contributed by atoms with Crippen molar-refractivity contribution in [1.82, 2.24) is 0 Å². The first kappa shape index (κ1) is 9.94. The zero-order valence-corrected chi connectivity index (χ0v) is 6.95. The Morgan fingerprint density at radius 1 is 1.36 bits per heavy atom. The van der Waals surface area contributed by atoms with Gasteiger partial charge in [0.15, 0.2) is 5.96 Å². The molecule has 0 heterocycles. The first-order chi connectivity index (χ1) is 5.27. The molecule has 0 spiro atoms. The van der Waals surface area contributed by atoms with Gasteiger partial charge in [-0.3, -0.25) is 9.98 Å². The maximum Gasteiger partial charge on any atom is 0.185 e. The Morgan fingerprint density at radius 3 is 2.64 bits per heavy atom. The lowest BCUT2D eigenvalue weighted by molar-refractivity contribution is 0.844. The molecule has 0 bridgehead atoms. The average molecular weight is 156 g/mol. The van der Waals surface area contributed by atoms with Gasteiger partial charge in [0.2, 0.25) is 0 Å². The highest BCUT2D eigenvalue weighted by Crippen LogP contribution is 1.82. The highest BCUT2D eigenvalue weighted by Gasteiger charge is 1.82. The summed E-state index contributed by atoms with van der Waals surface area (Å²) in [5.74, 6) is 0.157. The van der Waals surface area contributed by atoms with Crippen LogP contribution in [-0.2, 0) is 0 Å². The maximum absolute atomic E-state index is 5.12. The van der Waals surface area contributed by atoms with E-state index in [4.69, 9.17) is 11.5 Å². The molecule has 0 unspecified atom stereocenters. The number of aliphatic imine (C=N–C) groups is 2. The Kier molecular flexibility index (Phi) is 6.37. The second-order valence-corrected chi connectivity index (χ2v) is 2.16. The highest BCUT2D eigenvalue weighted by atomic mass is 15.0. The second kappa shape index (κ2) is 7.05. The van der Waals surface area contributed by atoms with E-state index in [9.17, 15) is 0 Å². The van der Waals surface area contributed by atoms with Gasteiger partial charge in [0.25, 0.3) is 0 Å². The summed E-state index contributed by atoms with van der Waals surface area (Å²) in [4.78, 5) is 7.93. The molecule has 0 rings (SSSR count). The summed E-state index contributed by atoms with van der Waals surface area (Å²) in [7, 11) is 0. The number of nitrogens with two attached hydrogens (primary N) is 2. The summed E-state index contributed by atoms with van der Waals surface area (Å²) < 4.78 is 0. The summed E-state index contributed by atoms with van der Waals surface area (Å²) in [5.41, 5.74) is 10.2. The zero-order chi connectivity index (χ0) is 8.53. The van der Waals surface area contributed by atoms with Crippen molar-refractivity contribution in [2.24, 2.45) is 21.5 Å². The molecular formula is C7H16N4. The third kappa shape index (κ3) is 8.94. The van der Waals surface area contributed by atoms with Crippen LogP contribution in [0, 0.1) is 0 Å². The molecule has 0 saturated carbocycles. The average Bonchev–Trinajstić information content (AvgIpc) is 1.96. The van der Waals surface area contributed by atoms with Gasteiger partial charge in [-0.25, -0.2) is 0 Å². The minimum Gasteiger partial charge on any atom is -0.370 e. The Balaban J connectivity index is 3.15. The molecule has 0 aliphatic heterocycles. The smallest absolute Gasteiger partial charge is 0.185 e. The van der Waals surface area contributed by atoms with Crippen molar-refractivity contribution in [1.29, 1.82) is 0 Å². The van der Waals surface area contributed by atoms with Gasteiger partial charge < -0.3 is 11.5 Å². The molecule has 0 aromatic rings. The lowest BCUT2D eigenvalue weighted by atomic mass is 10.4. The molecule has 4 heteroatoms. The molecule has 0 radical (unpaired) electrons. The topological polar surface area (TPSA) is 76.8 Å². The van der Waals surface area contributed by atoms with Crippen LogP contribution >= 0.6 is 0 Å². The van der Waals surface area contributed by atoms with E-state index in [-0.39, 0.29) is 5.96 Å². The van der Waals surface area contributed by atoms with Crippen LogP contribution in [0.4, 0.5) is 0 Å². The standard InChI is InChI=1S/C7H16N4/c1-2-4-10-5-3-6-11-7(8)9/h4H,2-3,5-6H2,1H3,(H4,8,9,11). The lowest BCUT2D eigenvalue weighted by Crippen LogP contribution is -2.23. The van der Waals surface area contributed by atoms with Crippen molar-refractivity contribution in [3.8, 4) is 0 Å². The number of nitrogens with zero attached hydrogens (tertiary/aromatic N) is 2. The fraction of sp³-hybridized carbons (Fsp3) is 0.714. The van der Waals surface area contributed by atoms with Crippen LogP contribution in [0.25, 0.3) is 0 Å². The van der Waals surface area contributed by atoms with Crippen LogP contribution in [0.15, 0.2) is 9.98 Å². The largest absolute Gasteiger partial charge is 0.370 e. The predicted octanol–water partition coefficient (Wildman–Crippen LogP) is 0.131. The van der Waals surface area contributed by atoms with Crippen molar-refractivity contribution < 1.29 is 0 Å². The van der Waals surface area contributed by atoms with E-state index in [1.807, 2.05) is 6.21 Å². The SMILES string of the molecule is CCC=NCCCN=C(N)N. The van der Waals surface area contributed by atoms with Crippen molar-refractivity contribution in [2.45, 2.75) is 19.8 Å². The number of rotatable bonds is 5. The molecule has 0 aliphatic rings. The molecule has 64 valence electrons. The molecular weight excluding hydrogens is 140 g/mol. The van der Waals surface area contributed by atoms with Crippen molar-refractivity contribution in [3.05, 3.63) is 0 Å². The normalized spacial score (nSPS) is 10.3. The highest BCUT2D eigenvalue weighted by molar-refractivity contribution is 5.75. The minimum absolute atomic E-state index is 0.157. The van der Waals surface area contributed by atoms with Crippen LogP contribution < -0.4 is 11.5 Å². The minimum atomic E-state index is 0.157. The molecule has 0 aliphatic carbocycles. The predicted molar refractivity (Wildman–Crippen MR) is 48.9 cm³/mol. The van der Waals surface area contributed by atoms with Gasteiger partial charge in [-0.1, -0.05) is 6.92 Å². The van der Waals surface area contributed by atoms with E-state index >= 15 is 0 Å². The maximum atomic E-state index is 5.12. The van der Waals surface area contributed by atoms with Crippen molar-refractivity contribution in [2.75, 3.05) is 13.1 Å². The van der Waals surface area contributed by atoms with E-state index in [2.05, 4.69) is 16.9 Å². The lowest BCUT2D eigenvalue weighted by Gasteiger charge is -1.91. The van der Waals surface area contributed by atoms with Crippen molar-refractivity contribution in [3.63, 3.8) is 0 Å². The number of hydrogen-bond acceptors (Lipinski definition) is 2. The van der Waals surface area contributed by atoms with Crippen LogP contribution in [0.1, 0.15) is 19.8 Å². The van der Waals surface area contributed by atoms with Gasteiger partial charge in [0.1, 0.15) is 0 Å². The second-order valence-electron chi connectivity index (χ2n) is 2.16. The summed E-state index contributed by atoms with van der Waals surface area (Å²) in [5, 5.41) is 0.